The van der Waals surface area contributed by atoms with Crippen LogP contribution in [0.25, 0.3) is 0 Å². The van der Waals surface area contributed by atoms with Crippen LogP contribution in [0.4, 0.5) is 40.7 Å². The molecule has 0 spiro atoms. The number of hydrogen-bond acceptors (Lipinski definition) is 10. The van der Waals surface area contributed by atoms with E-state index in [9.17, 15) is 17.6 Å². The highest BCUT2D eigenvalue weighted by molar-refractivity contribution is 5.78. The Morgan fingerprint density at radius 1 is 0.976 bits per heavy atom. The first-order valence-corrected chi connectivity index (χ1v) is 13.7. The Hall–Kier alpha value is -3.88. The van der Waals surface area contributed by atoms with Gasteiger partial charge in [-0.15, -0.1) is 0 Å². The molecule has 0 atom stereocenters. The predicted octanol–water partition coefficient (Wildman–Crippen LogP) is 3.85. The standard InChI is InChI=1S/C28H33F4N9O/c1-39-6-8-40(9-7-39)5-4-20-14-21(28(30,31)32)16-24(15-20)36-23-3-2-22(33-17-23)18-35-38-27-34-19-25(29)26(37-27)41-10-12-42-13-11-41/h2-3,14-19,36H,4-13H2,1H3,(H,34,37,38)/b35-18+. The number of anilines is 4. The van der Waals surface area contributed by atoms with Crippen LogP contribution in [0.2, 0.25) is 0 Å². The third kappa shape index (κ3) is 8.11. The van der Waals surface area contributed by atoms with Crippen molar-refractivity contribution < 1.29 is 22.3 Å². The molecule has 2 saturated heterocycles. The van der Waals surface area contributed by atoms with Crippen molar-refractivity contribution in [1.29, 1.82) is 0 Å². The van der Waals surface area contributed by atoms with Gasteiger partial charge in [-0.3, -0.25) is 4.98 Å². The number of alkyl halides is 3. The monoisotopic (exact) mass is 587 g/mol. The first kappa shape index (κ1) is 29.6. The predicted molar refractivity (Wildman–Crippen MR) is 153 cm³/mol. The highest BCUT2D eigenvalue weighted by atomic mass is 19.4. The van der Waals surface area contributed by atoms with Crippen molar-refractivity contribution in [2.45, 2.75) is 12.6 Å². The lowest BCUT2D eigenvalue weighted by Gasteiger charge is -2.32. The Kier molecular flexibility index (Phi) is 9.45. The van der Waals surface area contributed by atoms with Gasteiger partial charge in [0.1, 0.15) is 0 Å². The summed E-state index contributed by atoms with van der Waals surface area (Å²) in [6.07, 6.45) is 0.0970. The fourth-order valence-electron chi connectivity index (χ4n) is 4.72. The summed E-state index contributed by atoms with van der Waals surface area (Å²) >= 11 is 0. The van der Waals surface area contributed by atoms with Crippen LogP contribution in [0, 0.1) is 5.82 Å². The lowest BCUT2D eigenvalue weighted by Crippen LogP contribution is -2.45. The summed E-state index contributed by atoms with van der Waals surface area (Å²) < 4.78 is 60.4. The smallest absolute Gasteiger partial charge is 0.378 e. The number of nitrogens with zero attached hydrogens (tertiary/aromatic N) is 7. The van der Waals surface area contributed by atoms with Crippen molar-refractivity contribution in [3.05, 3.63) is 65.4 Å². The number of hydrogen-bond donors (Lipinski definition) is 2. The number of likely N-dealkylation sites (N-methyl/N-ethyl adjacent to an activating group) is 1. The van der Waals surface area contributed by atoms with Crippen molar-refractivity contribution in [3.63, 3.8) is 0 Å². The maximum absolute atomic E-state index is 14.2. The molecule has 2 N–H and O–H groups in total. The summed E-state index contributed by atoms with van der Waals surface area (Å²) in [7, 11) is 2.07. The molecule has 0 amide bonds. The Labute approximate surface area is 241 Å². The number of nitrogens with one attached hydrogen (secondary N) is 2. The van der Waals surface area contributed by atoms with E-state index < -0.39 is 17.6 Å². The summed E-state index contributed by atoms with van der Waals surface area (Å²) in [6, 6.07) is 7.44. The Balaban J connectivity index is 1.20. The fourth-order valence-corrected chi connectivity index (χ4v) is 4.72. The lowest BCUT2D eigenvalue weighted by molar-refractivity contribution is -0.137. The molecule has 2 aromatic heterocycles. The molecular formula is C28H33F4N9O. The maximum atomic E-state index is 14.2. The van der Waals surface area contributed by atoms with Crippen LogP contribution < -0.4 is 15.6 Å². The molecule has 1 aromatic carbocycles. The van der Waals surface area contributed by atoms with E-state index >= 15 is 0 Å². The van der Waals surface area contributed by atoms with E-state index in [1.54, 1.807) is 23.1 Å². The van der Waals surface area contributed by atoms with Crippen LogP contribution in [0.15, 0.2) is 47.8 Å². The normalized spacial score (nSPS) is 17.1. The van der Waals surface area contributed by atoms with Gasteiger partial charge in [-0.1, -0.05) is 0 Å². The van der Waals surface area contributed by atoms with Crippen LogP contribution >= 0.6 is 0 Å². The molecule has 0 bridgehead atoms. The highest BCUT2D eigenvalue weighted by Gasteiger charge is 2.31. The molecule has 0 radical (unpaired) electrons. The van der Waals surface area contributed by atoms with Gasteiger partial charge in [-0.25, -0.2) is 14.8 Å². The second-order valence-corrected chi connectivity index (χ2v) is 10.2. The van der Waals surface area contributed by atoms with Gasteiger partial charge >= 0.3 is 6.18 Å². The summed E-state index contributed by atoms with van der Waals surface area (Å²) in [6.45, 7) is 6.46. The summed E-state index contributed by atoms with van der Waals surface area (Å²) in [5.41, 5.74) is 3.96. The van der Waals surface area contributed by atoms with Crippen LogP contribution in [-0.4, -0.2) is 97.0 Å². The first-order chi connectivity index (χ1) is 20.2. The molecule has 5 rings (SSSR count). The van der Waals surface area contributed by atoms with Gasteiger partial charge < -0.3 is 24.8 Å². The molecule has 10 nitrogen and oxygen atoms in total. The number of rotatable bonds is 9. The van der Waals surface area contributed by atoms with Crippen molar-refractivity contribution in [3.8, 4) is 0 Å². The SMILES string of the molecule is CN1CCN(CCc2cc(Nc3ccc(/C=N/Nc4ncc(F)c(N5CCOCC5)n4)nc3)cc(C(F)(F)F)c2)CC1. The molecule has 0 unspecified atom stereocenters. The molecule has 0 aliphatic carbocycles. The Morgan fingerprint density at radius 2 is 1.76 bits per heavy atom. The molecule has 2 fully saturated rings. The topological polar surface area (TPSA) is 94.0 Å². The minimum atomic E-state index is -4.46. The fraction of sp³-hybridized carbons (Fsp3) is 0.429. The van der Waals surface area contributed by atoms with E-state index in [1.807, 2.05) is 0 Å². The molecule has 0 saturated carbocycles. The zero-order valence-electron chi connectivity index (χ0n) is 23.2. The minimum absolute atomic E-state index is 0.125. The van der Waals surface area contributed by atoms with Gasteiger partial charge in [-0.05, 0) is 49.4 Å². The van der Waals surface area contributed by atoms with Crippen LogP contribution in [0.5, 0.6) is 0 Å². The summed E-state index contributed by atoms with van der Waals surface area (Å²) in [5.74, 6) is -0.226. The lowest BCUT2D eigenvalue weighted by atomic mass is 10.1. The average molecular weight is 588 g/mol. The van der Waals surface area contributed by atoms with Crippen molar-refractivity contribution in [2.75, 3.05) is 81.7 Å². The minimum Gasteiger partial charge on any atom is -0.378 e. The van der Waals surface area contributed by atoms with Crippen LogP contribution in [0.1, 0.15) is 16.8 Å². The Morgan fingerprint density at radius 3 is 2.48 bits per heavy atom. The van der Waals surface area contributed by atoms with E-state index in [2.05, 4.69) is 47.6 Å². The molecular weight excluding hydrogens is 554 g/mol. The zero-order chi connectivity index (χ0) is 29.5. The number of piperazine rings is 1. The average Bonchev–Trinajstić information content (AvgIpc) is 2.98. The van der Waals surface area contributed by atoms with Crippen molar-refractivity contribution in [2.24, 2.45) is 5.10 Å². The number of ether oxygens (including phenoxy) is 1. The maximum Gasteiger partial charge on any atom is 0.416 e. The summed E-state index contributed by atoms with van der Waals surface area (Å²) in [5, 5.41) is 7.11. The second-order valence-electron chi connectivity index (χ2n) is 10.2. The first-order valence-electron chi connectivity index (χ1n) is 13.7. The van der Waals surface area contributed by atoms with Crippen LogP contribution in [0.3, 0.4) is 0 Å². The number of hydrazone groups is 1. The van der Waals surface area contributed by atoms with Crippen molar-refractivity contribution >= 4 is 29.4 Å². The number of aromatic nitrogens is 3. The third-order valence-electron chi connectivity index (χ3n) is 7.11. The van der Waals surface area contributed by atoms with E-state index in [0.717, 1.165) is 38.4 Å². The molecule has 14 heteroatoms. The van der Waals surface area contributed by atoms with E-state index in [4.69, 9.17) is 4.74 Å². The number of morpholine rings is 1. The third-order valence-corrected chi connectivity index (χ3v) is 7.11. The molecule has 3 aromatic rings. The number of halogens is 4. The molecule has 2 aliphatic heterocycles. The quantitative estimate of drug-likeness (QED) is 0.220. The highest BCUT2D eigenvalue weighted by Crippen LogP contribution is 2.33. The van der Waals surface area contributed by atoms with Gasteiger partial charge in [0.2, 0.25) is 5.95 Å². The van der Waals surface area contributed by atoms with Crippen molar-refractivity contribution in [1.82, 2.24) is 24.8 Å². The molecule has 2 aliphatic rings. The van der Waals surface area contributed by atoms with Gasteiger partial charge in [0.05, 0.1) is 48.8 Å². The van der Waals surface area contributed by atoms with Gasteiger partial charge in [-0.2, -0.15) is 23.3 Å². The molecule has 4 heterocycles. The van der Waals surface area contributed by atoms with Crippen LogP contribution in [-0.2, 0) is 17.3 Å². The van der Waals surface area contributed by atoms with Gasteiger partial charge in [0.25, 0.3) is 0 Å². The second kappa shape index (κ2) is 13.4. The zero-order valence-corrected chi connectivity index (χ0v) is 23.2. The van der Waals surface area contributed by atoms with Gasteiger partial charge in [0, 0.05) is 51.5 Å². The number of benzene rings is 1. The Bertz CT molecular complexity index is 1360. The largest absolute Gasteiger partial charge is 0.416 e. The molecule has 224 valence electrons. The van der Waals surface area contributed by atoms with E-state index in [-0.39, 0.29) is 11.8 Å². The number of pyridine rings is 1. The van der Waals surface area contributed by atoms with E-state index in [1.165, 1.54) is 18.5 Å². The van der Waals surface area contributed by atoms with E-state index in [0.29, 0.717) is 61.9 Å². The van der Waals surface area contributed by atoms with Gasteiger partial charge in [0.15, 0.2) is 11.6 Å². The molecule has 42 heavy (non-hydrogen) atoms. The summed E-state index contributed by atoms with van der Waals surface area (Å²) in [4.78, 5) is 18.7.